The Hall–Kier alpha value is -1.41. The molecular weight excluding hydrogens is 444 g/mol. The van der Waals surface area contributed by atoms with Gasteiger partial charge >= 0.3 is 6.09 Å². The molecule has 8 heteroatoms. The maximum Gasteiger partial charge on any atom is 0.410 e. The molecule has 0 atom stereocenters. The van der Waals surface area contributed by atoms with Gasteiger partial charge in [-0.05, 0) is 44.5 Å². The first kappa shape index (κ1) is 22.3. The first-order valence-corrected chi connectivity index (χ1v) is 10.9. The highest BCUT2D eigenvalue weighted by Crippen LogP contribution is 2.30. The topological polar surface area (TPSA) is 36.0 Å². The van der Waals surface area contributed by atoms with E-state index in [2.05, 4.69) is 37.9 Å². The Morgan fingerprint density at radius 1 is 1.07 bits per heavy atom. The van der Waals surface area contributed by atoms with Crippen LogP contribution in [0.1, 0.15) is 39.2 Å². The highest BCUT2D eigenvalue weighted by Gasteiger charge is 2.34. The summed E-state index contributed by atoms with van der Waals surface area (Å²) >= 11 is 3.58. The molecule has 0 aliphatic carbocycles. The predicted octanol–water partition coefficient (Wildman–Crippen LogP) is 4.74. The summed E-state index contributed by atoms with van der Waals surface area (Å²) in [5.74, 6) is -2.52. The van der Waals surface area contributed by atoms with Gasteiger partial charge in [0.25, 0.3) is 5.92 Å². The van der Waals surface area contributed by atoms with Gasteiger partial charge in [0.1, 0.15) is 5.60 Å². The number of likely N-dealkylation sites (tertiary alicyclic amines) is 1. The Bertz CT molecular complexity index is 721. The number of halogens is 3. The predicted molar refractivity (Wildman–Crippen MR) is 114 cm³/mol. The van der Waals surface area contributed by atoms with Crippen molar-refractivity contribution in [1.29, 1.82) is 0 Å². The van der Waals surface area contributed by atoms with Crippen LogP contribution in [0.4, 0.5) is 19.3 Å². The molecule has 0 N–H and O–H groups in total. The van der Waals surface area contributed by atoms with E-state index < -0.39 is 11.5 Å². The van der Waals surface area contributed by atoms with E-state index >= 15 is 0 Å². The van der Waals surface area contributed by atoms with Gasteiger partial charge in [0.2, 0.25) is 0 Å². The largest absolute Gasteiger partial charge is 0.444 e. The minimum Gasteiger partial charge on any atom is -0.444 e. The number of amides is 1. The number of hydrogen-bond donors (Lipinski definition) is 0. The lowest BCUT2D eigenvalue weighted by Crippen LogP contribution is -2.50. The van der Waals surface area contributed by atoms with E-state index in [1.165, 1.54) is 0 Å². The molecule has 1 aromatic carbocycles. The minimum absolute atomic E-state index is 0.0690. The van der Waals surface area contributed by atoms with Crippen LogP contribution in [0.25, 0.3) is 0 Å². The van der Waals surface area contributed by atoms with E-state index in [-0.39, 0.29) is 18.9 Å². The smallest absolute Gasteiger partial charge is 0.410 e. The molecule has 162 valence electrons. The van der Waals surface area contributed by atoms with Crippen molar-refractivity contribution in [3.8, 4) is 0 Å². The van der Waals surface area contributed by atoms with Crippen LogP contribution in [0.15, 0.2) is 22.7 Å². The van der Waals surface area contributed by atoms with Crippen LogP contribution >= 0.6 is 15.9 Å². The van der Waals surface area contributed by atoms with Crippen LogP contribution in [0.2, 0.25) is 0 Å². The Balaban J connectivity index is 1.58. The summed E-state index contributed by atoms with van der Waals surface area (Å²) < 4.78 is 33.2. The number of carbonyl (C=O) groups excluding carboxylic acids is 1. The van der Waals surface area contributed by atoms with E-state index in [4.69, 9.17) is 4.74 Å². The molecule has 0 radical (unpaired) electrons. The normalized spacial score (nSPS) is 20.6. The monoisotopic (exact) mass is 473 g/mol. The van der Waals surface area contributed by atoms with Gasteiger partial charge in [0.15, 0.2) is 0 Å². The quantitative estimate of drug-likeness (QED) is 0.635. The lowest BCUT2D eigenvalue weighted by atomic mass is 10.1. The third kappa shape index (κ3) is 6.54. The number of piperidine rings is 1. The molecule has 2 aliphatic rings. The molecule has 2 aliphatic heterocycles. The van der Waals surface area contributed by atoms with Crippen molar-refractivity contribution in [1.82, 2.24) is 9.80 Å². The summed E-state index contributed by atoms with van der Waals surface area (Å²) in [6.07, 6.45) is -0.407. The second kappa shape index (κ2) is 8.76. The Morgan fingerprint density at radius 2 is 1.69 bits per heavy atom. The van der Waals surface area contributed by atoms with E-state index in [0.29, 0.717) is 32.7 Å². The Morgan fingerprint density at radius 3 is 2.28 bits per heavy atom. The number of hydrogen-bond acceptors (Lipinski definition) is 4. The van der Waals surface area contributed by atoms with E-state index in [0.717, 1.165) is 28.8 Å². The third-order valence-electron chi connectivity index (χ3n) is 5.23. The van der Waals surface area contributed by atoms with Crippen molar-refractivity contribution in [3.63, 3.8) is 0 Å². The van der Waals surface area contributed by atoms with E-state index in [1.54, 1.807) is 4.90 Å². The highest BCUT2D eigenvalue weighted by molar-refractivity contribution is 9.10. The molecule has 0 unspecified atom stereocenters. The fourth-order valence-electron chi connectivity index (χ4n) is 3.68. The van der Waals surface area contributed by atoms with Crippen LogP contribution < -0.4 is 4.90 Å². The zero-order valence-electron chi connectivity index (χ0n) is 17.4. The Labute approximate surface area is 180 Å². The summed E-state index contributed by atoms with van der Waals surface area (Å²) in [4.78, 5) is 18.3. The average Bonchev–Trinajstić information content (AvgIpc) is 2.62. The molecule has 5 nitrogen and oxygen atoms in total. The fourth-order valence-corrected chi connectivity index (χ4v) is 4.21. The van der Waals surface area contributed by atoms with Crippen molar-refractivity contribution >= 4 is 27.7 Å². The lowest BCUT2D eigenvalue weighted by molar-refractivity contribution is -0.0566. The summed E-state index contributed by atoms with van der Waals surface area (Å²) in [5, 5.41) is 0. The van der Waals surface area contributed by atoms with Gasteiger partial charge in [-0.1, -0.05) is 15.9 Å². The third-order valence-corrected chi connectivity index (χ3v) is 5.69. The number of benzene rings is 1. The van der Waals surface area contributed by atoms with Crippen LogP contribution in [0.5, 0.6) is 0 Å². The van der Waals surface area contributed by atoms with Crippen molar-refractivity contribution in [2.45, 2.75) is 51.7 Å². The van der Waals surface area contributed by atoms with E-state index in [9.17, 15) is 13.6 Å². The maximum absolute atomic E-state index is 13.4. The van der Waals surface area contributed by atoms with Crippen molar-refractivity contribution in [2.24, 2.45) is 0 Å². The fraction of sp³-hybridized carbons (Fsp3) is 0.667. The number of ether oxygens (including phenoxy) is 1. The second-order valence-electron chi connectivity index (χ2n) is 8.90. The molecule has 0 bridgehead atoms. The number of alkyl halides is 2. The minimum atomic E-state index is -2.52. The van der Waals surface area contributed by atoms with Gasteiger partial charge in [-0.25, -0.2) is 13.6 Å². The van der Waals surface area contributed by atoms with Crippen molar-refractivity contribution in [2.75, 3.05) is 44.2 Å². The maximum atomic E-state index is 13.4. The lowest BCUT2D eigenvalue weighted by Gasteiger charge is -2.37. The zero-order valence-corrected chi connectivity index (χ0v) is 19.0. The number of anilines is 1. The second-order valence-corrected chi connectivity index (χ2v) is 9.82. The standard InChI is InChI=1S/C21H30BrF2N3O2/c1-20(2,3)29-19(28)27-10-8-26(9-11-27)18-13-16(12-17(22)14-18)15-25-6-4-21(23,24)5-7-25/h12-14H,4-11,15H2,1-3H3. The number of piperazine rings is 1. The first-order chi connectivity index (χ1) is 13.5. The molecular formula is C21H30BrF2N3O2. The van der Waals surface area contributed by atoms with Crippen LogP contribution in [0, 0.1) is 0 Å². The first-order valence-electron chi connectivity index (χ1n) is 10.1. The van der Waals surface area contributed by atoms with Gasteiger partial charge in [0, 0.05) is 68.8 Å². The number of nitrogens with zero attached hydrogens (tertiary/aromatic N) is 3. The van der Waals surface area contributed by atoms with Crippen molar-refractivity contribution in [3.05, 3.63) is 28.2 Å². The summed E-state index contributed by atoms with van der Waals surface area (Å²) in [6.45, 7) is 9.79. The van der Waals surface area contributed by atoms with Crippen LogP contribution in [-0.2, 0) is 11.3 Å². The molecule has 1 amide bonds. The average molecular weight is 474 g/mol. The molecule has 0 aromatic heterocycles. The van der Waals surface area contributed by atoms with E-state index in [1.807, 2.05) is 26.8 Å². The van der Waals surface area contributed by atoms with Gasteiger partial charge in [-0.2, -0.15) is 0 Å². The molecule has 2 fully saturated rings. The zero-order chi connectivity index (χ0) is 21.2. The van der Waals surface area contributed by atoms with Crippen LogP contribution in [-0.4, -0.2) is 66.7 Å². The summed E-state index contributed by atoms with van der Waals surface area (Å²) in [7, 11) is 0. The SMILES string of the molecule is CC(C)(C)OC(=O)N1CCN(c2cc(Br)cc(CN3CCC(F)(F)CC3)c2)CC1. The molecule has 3 rings (SSSR count). The molecule has 2 heterocycles. The molecule has 0 saturated carbocycles. The summed E-state index contributed by atoms with van der Waals surface area (Å²) in [6, 6.07) is 6.24. The van der Waals surface area contributed by atoms with Gasteiger partial charge in [-0.15, -0.1) is 0 Å². The van der Waals surface area contributed by atoms with Crippen molar-refractivity contribution < 1.29 is 18.3 Å². The summed E-state index contributed by atoms with van der Waals surface area (Å²) in [5.41, 5.74) is 1.70. The van der Waals surface area contributed by atoms with Crippen LogP contribution in [0.3, 0.4) is 0 Å². The van der Waals surface area contributed by atoms with Gasteiger partial charge in [-0.3, -0.25) is 4.90 Å². The number of rotatable bonds is 3. The molecule has 1 aromatic rings. The highest BCUT2D eigenvalue weighted by atomic mass is 79.9. The van der Waals surface area contributed by atoms with Gasteiger partial charge < -0.3 is 14.5 Å². The Kier molecular flexibility index (Phi) is 6.73. The molecule has 0 spiro atoms. The molecule has 29 heavy (non-hydrogen) atoms. The molecule has 2 saturated heterocycles. The van der Waals surface area contributed by atoms with Gasteiger partial charge in [0.05, 0.1) is 0 Å². The number of carbonyl (C=O) groups is 1.